The van der Waals surface area contributed by atoms with Crippen molar-refractivity contribution in [3.8, 4) is 33.8 Å². The minimum Gasteiger partial charge on any atom is -0.226 e. The van der Waals surface area contributed by atoms with Crippen LogP contribution in [0, 0.1) is 0 Å². The summed E-state index contributed by atoms with van der Waals surface area (Å²) in [4.78, 5) is 11.0. The number of thiophene rings is 2. The molecule has 50 heavy (non-hydrogen) atoms. The van der Waals surface area contributed by atoms with Gasteiger partial charge in [-0.25, -0.2) is 9.97 Å². The van der Waals surface area contributed by atoms with Crippen LogP contribution < -0.4 is 0 Å². The lowest BCUT2D eigenvalue weighted by molar-refractivity contribution is 1.25. The molecular formula is C46H26N2S2. The number of rotatable bonds is 3. The van der Waals surface area contributed by atoms with E-state index in [2.05, 4.69) is 158 Å². The molecule has 0 radical (unpaired) electrons. The maximum Gasteiger partial charge on any atom is 0.161 e. The highest BCUT2D eigenvalue weighted by Crippen LogP contribution is 2.47. The second kappa shape index (κ2) is 10.8. The standard InChI is InChI=1S/C46H26N2S2/c1-3-12-29-24-31(22-20-27(29)10-1)33-16-9-17-36-41(33)38(26-37-34-14-5-7-18-39(34)49-44(36)37)46-47-42(32-23-21-28-11-2-4-13-30(28)25-32)45-43(48-46)35-15-6-8-19-40(35)50-45/h1-26H. The predicted molar refractivity (Wildman–Crippen MR) is 217 cm³/mol. The van der Waals surface area contributed by atoms with E-state index in [1.54, 1.807) is 11.3 Å². The molecule has 0 N–H and O–H groups in total. The highest BCUT2D eigenvalue weighted by Gasteiger charge is 2.22. The smallest absolute Gasteiger partial charge is 0.161 e. The number of fused-ring (bicyclic) bond motifs is 10. The Morgan fingerprint density at radius 1 is 0.380 bits per heavy atom. The second-order valence-corrected chi connectivity index (χ2v) is 15.0. The first kappa shape index (κ1) is 28.0. The molecule has 0 aliphatic carbocycles. The third-order valence-corrected chi connectivity index (χ3v) is 12.4. The largest absolute Gasteiger partial charge is 0.226 e. The topological polar surface area (TPSA) is 25.8 Å². The zero-order valence-electron chi connectivity index (χ0n) is 26.7. The van der Waals surface area contributed by atoms with Gasteiger partial charge in [-0.1, -0.05) is 127 Å². The molecule has 0 bridgehead atoms. The normalized spacial score (nSPS) is 12.0. The van der Waals surface area contributed by atoms with E-state index in [0.717, 1.165) is 32.9 Å². The minimum atomic E-state index is 0.750. The number of benzene rings is 8. The van der Waals surface area contributed by atoms with Gasteiger partial charge in [-0.2, -0.15) is 0 Å². The van der Waals surface area contributed by atoms with Gasteiger partial charge < -0.3 is 0 Å². The lowest BCUT2D eigenvalue weighted by Gasteiger charge is -2.15. The Balaban J connectivity index is 1.29. The molecule has 8 aromatic carbocycles. The van der Waals surface area contributed by atoms with Crippen LogP contribution in [0.1, 0.15) is 0 Å². The van der Waals surface area contributed by atoms with Crippen molar-refractivity contribution < 1.29 is 0 Å². The quantitative estimate of drug-likeness (QED) is 0.187. The fraction of sp³-hybridized carbons (Fsp3) is 0. The monoisotopic (exact) mass is 670 g/mol. The van der Waals surface area contributed by atoms with Crippen LogP contribution in [0.4, 0.5) is 0 Å². The Labute approximate surface area is 295 Å². The van der Waals surface area contributed by atoms with Gasteiger partial charge in [-0.05, 0) is 63.0 Å². The van der Waals surface area contributed by atoms with Crippen molar-refractivity contribution in [3.63, 3.8) is 0 Å². The van der Waals surface area contributed by atoms with E-state index in [9.17, 15) is 0 Å². The molecule has 3 aromatic heterocycles. The van der Waals surface area contributed by atoms with Crippen LogP contribution in [-0.2, 0) is 0 Å². The Kier molecular flexibility index (Phi) is 6.03. The highest BCUT2D eigenvalue weighted by molar-refractivity contribution is 7.27. The van der Waals surface area contributed by atoms with Crippen molar-refractivity contribution in [1.82, 2.24) is 9.97 Å². The average Bonchev–Trinajstić information content (AvgIpc) is 3.75. The molecule has 0 atom stereocenters. The van der Waals surface area contributed by atoms with Gasteiger partial charge in [-0.3, -0.25) is 0 Å². The SMILES string of the molecule is c1ccc2cc(-c3nc(-c4cc5c6ccccc6sc5c5cccc(-c6ccc7ccccc7c6)c45)nc4c3sc3ccccc34)ccc2c1. The summed E-state index contributed by atoms with van der Waals surface area (Å²) in [5.41, 5.74) is 6.51. The average molecular weight is 671 g/mol. The molecule has 0 unspecified atom stereocenters. The predicted octanol–water partition coefficient (Wildman–Crippen LogP) is 13.7. The zero-order valence-corrected chi connectivity index (χ0v) is 28.4. The van der Waals surface area contributed by atoms with Crippen molar-refractivity contribution in [2.24, 2.45) is 0 Å². The van der Waals surface area contributed by atoms with Crippen LogP contribution >= 0.6 is 22.7 Å². The van der Waals surface area contributed by atoms with Crippen molar-refractivity contribution >= 4 is 95.5 Å². The molecule has 0 aliphatic rings. The van der Waals surface area contributed by atoms with Crippen molar-refractivity contribution in [1.29, 1.82) is 0 Å². The summed E-state index contributed by atoms with van der Waals surface area (Å²) in [6.07, 6.45) is 0. The summed E-state index contributed by atoms with van der Waals surface area (Å²) in [5.74, 6) is 0.750. The molecule has 0 saturated carbocycles. The third kappa shape index (κ3) is 4.19. The first-order valence-electron chi connectivity index (χ1n) is 16.8. The molecule has 11 aromatic rings. The second-order valence-electron chi connectivity index (χ2n) is 12.9. The summed E-state index contributed by atoms with van der Waals surface area (Å²) < 4.78 is 4.92. The summed E-state index contributed by atoms with van der Waals surface area (Å²) in [6, 6.07) is 57.1. The van der Waals surface area contributed by atoms with Gasteiger partial charge in [0, 0.05) is 52.2 Å². The molecule has 232 valence electrons. The first-order chi connectivity index (χ1) is 24.8. The van der Waals surface area contributed by atoms with E-state index in [4.69, 9.17) is 9.97 Å². The summed E-state index contributed by atoms with van der Waals surface area (Å²) in [6.45, 7) is 0. The number of nitrogens with zero attached hydrogens (tertiary/aromatic N) is 2. The van der Waals surface area contributed by atoms with Gasteiger partial charge >= 0.3 is 0 Å². The molecule has 0 spiro atoms. The van der Waals surface area contributed by atoms with Gasteiger partial charge in [0.05, 0.1) is 15.9 Å². The van der Waals surface area contributed by atoms with Crippen molar-refractivity contribution in [3.05, 3.63) is 158 Å². The number of hydrogen-bond acceptors (Lipinski definition) is 4. The van der Waals surface area contributed by atoms with Crippen molar-refractivity contribution in [2.45, 2.75) is 0 Å². The van der Waals surface area contributed by atoms with Crippen LogP contribution in [0.3, 0.4) is 0 Å². The van der Waals surface area contributed by atoms with Crippen LogP contribution in [0.5, 0.6) is 0 Å². The fourth-order valence-corrected chi connectivity index (χ4v) is 10.0. The van der Waals surface area contributed by atoms with Crippen LogP contribution in [0.25, 0.3) is 107 Å². The Morgan fingerprint density at radius 3 is 1.76 bits per heavy atom. The molecule has 0 saturated heterocycles. The van der Waals surface area contributed by atoms with Crippen molar-refractivity contribution in [2.75, 3.05) is 0 Å². The van der Waals surface area contributed by atoms with Crippen LogP contribution in [0.15, 0.2) is 158 Å². The summed E-state index contributed by atoms with van der Waals surface area (Å²) in [5, 5.41) is 11.0. The number of aromatic nitrogens is 2. The molecule has 0 amide bonds. The summed E-state index contributed by atoms with van der Waals surface area (Å²) >= 11 is 3.65. The van der Waals surface area contributed by atoms with E-state index in [0.29, 0.717) is 0 Å². The lowest BCUT2D eigenvalue weighted by atomic mass is 9.91. The highest BCUT2D eigenvalue weighted by atomic mass is 32.1. The zero-order chi connectivity index (χ0) is 32.8. The maximum absolute atomic E-state index is 5.55. The van der Waals surface area contributed by atoms with E-state index >= 15 is 0 Å². The van der Waals surface area contributed by atoms with E-state index in [1.807, 2.05) is 11.3 Å². The summed E-state index contributed by atoms with van der Waals surface area (Å²) in [7, 11) is 0. The Bertz CT molecular complexity index is 3170. The molecular weight excluding hydrogens is 645 g/mol. The first-order valence-corrected chi connectivity index (χ1v) is 18.5. The van der Waals surface area contributed by atoms with Crippen LogP contribution in [-0.4, -0.2) is 9.97 Å². The lowest BCUT2D eigenvalue weighted by Crippen LogP contribution is -1.96. The van der Waals surface area contributed by atoms with Gasteiger partial charge in [0.1, 0.15) is 0 Å². The van der Waals surface area contributed by atoms with Gasteiger partial charge in [0.15, 0.2) is 5.82 Å². The molecule has 0 fully saturated rings. The van der Waals surface area contributed by atoms with E-state index in [1.165, 1.54) is 73.7 Å². The molecule has 0 aliphatic heterocycles. The van der Waals surface area contributed by atoms with Crippen LogP contribution in [0.2, 0.25) is 0 Å². The molecule has 11 rings (SSSR count). The molecule has 4 heteroatoms. The van der Waals surface area contributed by atoms with Gasteiger partial charge in [0.2, 0.25) is 0 Å². The Hall–Kier alpha value is -5.94. The molecule has 3 heterocycles. The maximum atomic E-state index is 5.55. The van der Waals surface area contributed by atoms with E-state index < -0.39 is 0 Å². The minimum absolute atomic E-state index is 0.750. The third-order valence-electron chi connectivity index (χ3n) is 10.0. The number of hydrogen-bond donors (Lipinski definition) is 0. The fourth-order valence-electron chi connectivity index (χ4n) is 7.67. The molecule has 2 nitrogen and oxygen atoms in total. The van der Waals surface area contributed by atoms with Gasteiger partial charge in [0.25, 0.3) is 0 Å². The Morgan fingerprint density at radius 2 is 0.980 bits per heavy atom. The van der Waals surface area contributed by atoms with Gasteiger partial charge in [-0.15, -0.1) is 22.7 Å². The van der Waals surface area contributed by atoms with E-state index in [-0.39, 0.29) is 0 Å².